The minimum absolute atomic E-state index is 0.205. The summed E-state index contributed by atoms with van der Waals surface area (Å²) in [5, 5.41) is 25.9. The molecule has 0 aliphatic heterocycles. The fourth-order valence-corrected chi connectivity index (χ4v) is 3.77. The molecule has 0 spiro atoms. The van der Waals surface area contributed by atoms with Crippen molar-refractivity contribution in [3.8, 4) is 0 Å². The van der Waals surface area contributed by atoms with Crippen molar-refractivity contribution in [3.05, 3.63) is 36.0 Å². The molecule has 0 fully saturated rings. The first-order chi connectivity index (χ1) is 17.6. The number of aromatic nitrogens is 1. The van der Waals surface area contributed by atoms with E-state index in [4.69, 9.17) is 21.7 Å². The van der Waals surface area contributed by atoms with Crippen molar-refractivity contribution in [2.75, 3.05) is 13.1 Å². The first-order valence-electron chi connectivity index (χ1n) is 11.9. The molecule has 0 saturated carbocycles. The van der Waals surface area contributed by atoms with E-state index in [2.05, 4.69) is 20.9 Å². The van der Waals surface area contributed by atoms with Gasteiger partial charge in [-0.3, -0.25) is 24.0 Å². The summed E-state index contributed by atoms with van der Waals surface area (Å²) in [5.74, 6) is -4.63. The zero-order chi connectivity index (χ0) is 27.4. The number of carboxylic acid groups (broad SMARTS) is 2. The van der Waals surface area contributed by atoms with Gasteiger partial charge in [-0.2, -0.15) is 0 Å². The van der Waals surface area contributed by atoms with Crippen LogP contribution < -0.4 is 27.4 Å². The predicted octanol–water partition coefficient (Wildman–Crippen LogP) is -0.798. The number of para-hydroxylation sites is 1. The molecule has 0 saturated heterocycles. The van der Waals surface area contributed by atoms with Crippen LogP contribution in [-0.4, -0.2) is 76.1 Å². The summed E-state index contributed by atoms with van der Waals surface area (Å²) in [6, 6.07) is 4.22. The Kier molecular flexibility index (Phi) is 11.5. The fraction of sp³-hybridized carbons (Fsp3) is 0.458. The van der Waals surface area contributed by atoms with Gasteiger partial charge in [-0.1, -0.05) is 18.2 Å². The van der Waals surface area contributed by atoms with Crippen LogP contribution >= 0.6 is 0 Å². The number of fused-ring (bicyclic) bond motifs is 1. The quantitative estimate of drug-likeness (QED) is 0.130. The molecule has 2 rings (SSSR count). The van der Waals surface area contributed by atoms with E-state index < -0.39 is 60.8 Å². The number of benzene rings is 1. The molecule has 0 aliphatic carbocycles. The molecule has 0 radical (unpaired) electrons. The Morgan fingerprint density at radius 3 is 2.24 bits per heavy atom. The van der Waals surface area contributed by atoms with Gasteiger partial charge in [0.1, 0.15) is 18.6 Å². The maximum atomic E-state index is 13.0. The van der Waals surface area contributed by atoms with Gasteiger partial charge in [0.05, 0.1) is 6.04 Å². The number of nitrogens with one attached hydrogen (secondary N) is 4. The first-order valence-corrected chi connectivity index (χ1v) is 11.9. The number of amides is 3. The van der Waals surface area contributed by atoms with E-state index in [9.17, 15) is 24.0 Å². The average Bonchev–Trinajstić information content (AvgIpc) is 3.26. The van der Waals surface area contributed by atoms with Crippen molar-refractivity contribution in [3.63, 3.8) is 0 Å². The Morgan fingerprint density at radius 1 is 0.892 bits per heavy atom. The number of aromatic amines is 1. The number of hydrogen-bond acceptors (Lipinski definition) is 7. The van der Waals surface area contributed by atoms with Gasteiger partial charge in [-0.15, -0.1) is 0 Å². The number of H-pyrrole nitrogens is 1. The van der Waals surface area contributed by atoms with Crippen molar-refractivity contribution in [1.82, 2.24) is 20.9 Å². The molecule has 37 heavy (non-hydrogen) atoms. The highest BCUT2D eigenvalue weighted by Gasteiger charge is 2.28. The molecule has 3 atom stereocenters. The molecule has 3 amide bonds. The molecule has 2 aromatic rings. The second-order valence-electron chi connectivity index (χ2n) is 8.62. The minimum Gasteiger partial charge on any atom is -0.481 e. The third-order valence-corrected chi connectivity index (χ3v) is 5.73. The summed E-state index contributed by atoms with van der Waals surface area (Å²) in [6.45, 7) is -0.321. The molecule has 3 unspecified atom stereocenters. The highest BCUT2D eigenvalue weighted by Crippen LogP contribution is 2.19. The number of aliphatic carboxylic acids is 2. The summed E-state index contributed by atoms with van der Waals surface area (Å²) in [6.07, 6.45) is 2.57. The fourth-order valence-electron chi connectivity index (χ4n) is 3.77. The lowest BCUT2D eigenvalue weighted by molar-refractivity contribution is -0.140. The third kappa shape index (κ3) is 9.54. The van der Waals surface area contributed by atoms with E-state index in [0.29, 0.717) is 19.4 Å². The highest BCUT2D eigenvalue weighted by atomic mass is 16.4. The number of carboxylic acids is 2. The van der Waals surface area contributed by atoms with Crippen LogP contribution in [0, 0.1) is 0 Å². The van der Waals surface area contributed by atoms with Crippen LogP contribution in [0.25, 0.3) is 10.9 Å². The lowest BCUT2D eigenvalue weighted by Gasteiger charge is -2.24. The zero-order valence-corrected chi connectivity index (χ0v) is 20.4. The van der Waals surface area contributed by atoms with Crippen molar-refractivity contribution >= 4 is 40.6 Å². The van der Waals surface area contributed by atoms with Crippen LogP contribution in [0.5, 0.6) is 0 Å². The number of hydrogen-bond donors (Lipinski definition) is 8. The Balaban J connectivity index is 2.09. The number of carbonyl (C=O) groups is 5. The monoisotopic (exact) mass is 518 g/mol. The van der Waals surface area contributed by atoms with Crippen molar-refractivity contribution in [2.45, 2.75) is 56.7 Å². The van der Waals surface area contributed by atoms with Crippen molar-refractivity contribution < 1.29 is 34.2 Å². The Morgan fingerprint density at radius 2 is 1.57 bits per heavy atom. The molecular formula is C24H34N6O7. The maximum Gasteiger partial charge on any atom is 0.322 e. The molecule has 10 N–H and O–H groups in total. The van der Waals surface area contributed by atoms with Crippen molar-refractivity contribution in [1.29, 1.82) is 0 Å². The Bertz CT molecular complexity index is 1100. The largest absolute Gasteiger partial charge is 0.481 e. The maximum absolute atomic E-state index is 13.0. The lowest BCUT2D eigenvalue weighted by atomic mass is 10.0. The number of rotatable bonds is 16. The molecule has 1 aromatic carbocycles. The minimum atomic E-state index is -1.31. The first kappa shape index (κ1) is 29.3. The SMILES string of the molecule is NCCCCC(NC(=O)C(N)Cc1c[nH]c2ccccc12)C(=O)NC(CCC(=O)O)C(=O)NCC(=O)O. The molecule has 0 aliphatic rings. The summed E-state index contributed by atoms with van der Waals surface area (Å²) in [7, 11) is 0. The number of carbonyl (C=O) groups excluding carboxylic acids is 3. The standard InChI is InChI=1S/C24H34N6O7/c25-10-4-3-7-18(24(37)30-19(8-9-20(31)32)23(36)28-13-21(33)34)29-22(35)16(26)11-14-12-27-17-6-2-1-5-15(14)17/h1-2,5-6,12,16,18-19,27H,3-4,7-11,13,25-26H2,(H,28,36)(H,29,35)(H,30,37)(H,31,32)(H,33,34). The Labute approximate surface area is 213 Å². The van der Waals surface area contributed by atoms with Crippen LogP contribution in [0.15, 0.2) is 30.5 Å². The van der Waals surface area contributed by atoms with Gasteiger partial charge < -0.3 is 42.6 Å². The second kappa shape index (κ2) is 14.6. The zero-order valence-electron chi connectivity index (χ0n) is 20.4. The Hall–Kier alpha value is -3.97. The highest BCUT2D eigenvalue weighted by molar-refractivity contribution is 5.94. The number of unbranched alkanes of at least 4 members (excludes halogenated alkanes) is 1. The average molecular weight is 519 g/mol. The van der Waals surface area contributed by atoms with Crippen LogP contribution in [-0.2, 0) is 30.4 Å². The van der Waals surface area contributed by atoms with Gasteiger partial charge in [0, 0.05) is 23.5 Å². The molecule has 13 heteroatoms. The summed E-state index contributed by atoms with van der Waals surface area (Å²) in [5.41, 5.74) is 13.4. The second-order valence-corrected chi connectivity index (χ2v) is 8.62. The molecule has 1 aromatic heterocycles. The summed E-state index contributed by atoms with van der Waals surface area (Å²) < 4.78 is 0. The molecule has 0 bridgehead atoms. The van der Waals surface area contributed by atoms with Gasteiger partial charge in [-0.25, -0.2) is 0 Å². The van der Waals surface area contributed by atoms with Gasteiger partial charge in [-0.05, 0) is 50.3 Å². The van der Waals surface area contributed by atoms with E-state index >= 15 is 0 Å². The summed E-state index contributed by atoms with van der Waals surface area (Å²) in [4.78, 5) is 63.2. The van der Waals surface area contributed by atoms with Gasteiger partial charge >= 0.3 is 11.9 Å². The smallest absolute Gasteiger partial charge is 0.322 e. The van der Waals surface area contributed by atoms with Crippen molar-refractivity contribution in [2.24, 2.45) is 11.5 Å². The van der Waals surface area contributed by atoms with E-state index in [0.717, 1.165) is 16.5 Å². The van der Waals surface area contributed by atoms with Gasteiger partial charge in [0.15, 0.2) is 0 Å². The van der Waals surface area contributed by atoms with Crippen LogP contribution in [0.1, 0.15) is 37.7 Å². The topological polar surface area (TPSA) is 230 Å². The van der Waals surface area contributed by atoms with Gasteiger partial charge in [0.2, 0.25) is 17.7 Å². The normalized spacial score (nSPS) is 13.4. The number of nitrogens with two attached hydrogens (primary N) is 2. The van der Waals surface area contributed by atoms with Crippen LogP contribution in [0.4, 0.5) is 0 Å². The van der Waals surface area contributed by atoms with E-state index in [1.807, 2.05) is 24.3 Å². The van der Waals surface area contributed by atoms with Crippen LogP contribution in [0.3, 0.4) is 0 Å². The third-order valence-electron chi connectivity index (χ3n) is 5.73. The molecule has 1 heterocycles. The van der Waals surface area contributed by atoms with E-state index in [1.165, 1.54) is 0 Å². The van der Waals surface area contributed by atoms with E-state index in [-0.39, 0.29) is 19.3 Å². The van der Waals surface area contributed by atoms with Crippen LogP contribution in [0.2, 0.25) is 0 Å². The van der Waals surface area contributed by atoms with Gasteiger partial charge in [0.25, 0.3) is 0 Å². The molecule has 13 nitrogen and oxygen atoms in total. The lowest BCUT2D eigenvalue weighted by Crippen LogP contribution is -2.56. The summed E-state index contributed by atoms with van der Waals surface area (Å²) >= 11 is 0. The predicted molar refractivity (Wildman–Crippen MR) is 134 cm³/mol. The molecule has 202 valence electrons. The van der Waals surface area contributed by atoms with E-state index in [1.54, 1.807) is 6.20 Å². The molecular weight excluding hydrogens is 484 g/mol.